The van der Waals surface area contributed by atoms with Crippen LogP contribution in [0.4, 0.5) is 13.2 Å². The third-order valence-corrected chi connectivity index (χ3v) is 0.926. The molecule has 0 saturated carbocycles. The highest BCUT2D eigenvalue weighted by atomic mass is 35.5. The SMILES string of the molecule is CC(Cl)(Cl)C(F)(F)F. The van der Waals surface area contributed by atoms with Crippen molar-refractivity contribution in [3.8, 4) is 0 Å². The van der Waals surface area contributed by atoms with E-state index < -0.39 is 10.5 Å². The van der Waals surface area contributed by atoms with E-state index >= 15 is 0 Å². The summed E-state index contributed by atoms with van der Waals surface area (Å²) in [6.07, 6.45) is -4.53. The van der Waals surface area contributed by atoms with Crippen LogP contribution < -0.4 is 0 Å². The number of hydrogen-bond donors (Lipinski definition) is 0. The maximum Gasteiger partial charge on any atom is 0.421 e. The molecule has 0 spiro atoms. The first-order chi connectivity index (χ1) is 3.25. The maximum absolute atomic E-state index is 11.3. The van der Waals surface area contributed by atoms with Gasteiger partial charge < -0.3 is 0 Å². The number of alkyl halides is 5. The van der Waals surface area contributed by atoms with Crippen molar-refractivity contribution >= 4 is 23.2 Å². The third-order valence-electron chi connectivity index (χ3n) is 0.498. The molecule has 5 heteroatoms. The lowest BCUT2D eigenvalue weighted by atomic mass is 10.5. The monoisotopic (exact) mass is 166 g/mol. The fraction of sp³-hybridized carbons (Fsp3) is 1.00. The predicted molar refractivity (Wildman–Crippen MR) is 26.2 cm³/mol. The number of hydrogen-bond acceptors (Lipinski definition) is 0. The summed E-state index contributed by atoms with van der Waals surface area (Å²) in [7, 11) is 0. The van der Waals surface area contributed by atoms with Crippen LogP contribution in [0.15, 0.2) is 0 Å². The zero-order valence-electron chi connectivity index (χ0n) is 3.89. The van der Waals surface area contributed by atoms with Crippen molar-refractivity contribution in [2.45, 2.75) is 17.4 Å². The van der Waals surface area contributed by atoms with E-state index in [0.29, 0.717) is 6.92 Å². The van der Waals surface area contributed by atoms with Gasteiger partial charge in [0.25, 0.3) is 0 Å². The van der Waals surface area contributed by atoms with E-state index in [4.69, 9.17) is 0 Å². The van der Waals surface area contributed by atoms with Crippen LogP contribution >= 0.6 is 23.2 Å². The quantitative estimate of drug-likeness (QED) is 0.486. The molecule has 0 rings (SSSR count). The van der Waals surface area contributed by atoms with E-state index in [1.807, 2.05) is 0 Å². The van der Waals surface area contributed by atoms with Gasteiger partial charge >= 0.3 is 6.18 Å². The molecule has 0 fully saturated rings. The summed E-state index contributed by atoms with van der Waals surface area (Å²) in [5.41, 5.74) is 0. The van der Waals surface area contributed by atoms with E-state index in [9.17, 15) is 13.2 Å². The summed E-state index contributed by atoms with van der Waals surface area (Å²) in [6, 6.07) is 0. The fourth-order valence-electron chi connectivity index (χ4n) is 0. The van der Waals surface area contributed by atoms with E-state index in [2.05, 4.69) is 23.2 Å². The van der Waals surface area contributed by atoms with Crippen LogP contribution in [0.3, 0.4) is 0 Å². The van der Waals surface area contributed by atoms with Crippen LogP contribution in [-0.2, 0) is 0 Å². The molecule has 0 radical (unpaired) electrons. The molecule has 50 valence electrons. The van der Waals surface area contributed by atoms with Crippen molar-refractivity contribution in [2.24, 2.45) is 0 Å². The smallest absolute Gasteiger partial charge is 0.168 e. The molecular formula is C3H3Cl2F3. The number of halogens is 5. The summed E-state index contributed by atoms with van der Waals surface area (Å²) in [5, 5.41) is 0. The molecule has 0 unspecified atom stereocenters. The van der Waals surface area contributed by atoms with Crippen LogP contribution in [0.5, 0.6) is 0 Å². The highest BCUT2D eigenvalue weighted by molar-refractivity contribution is 6.48. The molecule has 0 N–H and O–H groups in total. The normalized spacial score (nSPS) is 14.2. The van der Waals surface area contributed by atoms with Crippen molar-refractivity contribution in [3.05, 3.63) is 0 Å². The van der Waals surface area contributed by atoms with Gasteiger partial charge in [0.2, 0.25) is 4.33 Å². The van der Waals surface area contributed by atoms with Gasteiger partial charge in [0.05, 0.1) is 0 Å². The van der Waals surface area contributed by atoms with E-state index in [1.54, 1.807) is 0 Å². The third kappa shape index (κ3) is 2.09. The Bertz CT molecular complexity index is 67.5. The molecule has 0 aromatic rings. The Kier molecular flexibility index (Phi) is 2.04. The molecule has 0 aliphatic carbocycles. The van der Waals surface area contributed by atoms with Gasteiger partial charge in [-0.3, -0.25) is 0 Å². The Labute approximate surface area is 54.6 Å². The van der Waals surface area contributed by atoms with E-state index in [1.165, 1.54) is 0 Å². The van der Waals surface area contributed by atoms with Crippen molar-refractivity contribution in [3.63, 3.8) is 0 Å². The zero-order valence-corrected chi connectivity index (χ0v) is 5.40. The first kappa shape index (κ1) is 8.37. The molecular weight excluding hydrogens is 164 g/mol. The first-order valence-electron chi connectivity index (χ1n) is 1.69. The summed E-state index contributed by atoms with van der Waals surface area (Å²) in [5.74, 6) is 0. The van der Waals surface area contributed by atoms with Crippen LogP contribution in [0, 0.1) is 0 Å². The molecule has 0 nitrogen and oxygen atoms in total. The fourth-order valence-corrected chi connectivity index (χ4v) is 0. The molecule has 0 heterocycles. The Morgan fingerprint density at radius 3 is 1.25 bits per heavy atom. The van der Waals surface area contributed by atoms with E-state index in [-0.39, 0.29) is 0 Å². The Morgan fingerprint density at radius 2 is 1.25 bits per heavy atom. The second-order valence-corrected chi connectivity index (χ2v) is 3.09. The lowest BCUT2D eigenvalue weighted by Gasteiger charge is -2.16. The van der Waals surface area contributed by atoms with Gasteiger partial charge in [0.1, 0.15) is 0 Å². The Morgan fingerprint density at radius 1 is 1.12 bits per heavy atom. The molecule has 0 aliphatic rings. The Balaban J connectivity index is 4.02. The summed E-state index contributed by atoms with van der Waals surface area (Å²) < 4.78 is 31.3. The van der Waals surface area contributed by atoms with Crippen molar-refractivity contribution in [1.82, 2.24) is 0 Å². The van der Waals surface area contributed by atoms with Crippen LogP contribution in [-0.4, -0.2) is 10.5 Å². The highest BCUT2D eigenvalue weighted by Crippen LogP contribution is 2.38. The minimum atomic E-state index is -4.53. The molecule has 8 heavy (non-hydrogen) atoms. The zero-order chi connectivity index (χ0) is 7.00. The lowest BCUT2D eigenvalue weighted by Crippen LogP contribution is -2.30. The second-order valence-electron chi connectivity index (χ2n) is 1.39. The first-order valence-corrected chi connectivity index (χ1v) is 2.45. The summed E-state index contributed by atoms with van der Waals surface area (Å²) >= 11 is 9.30. The number of rotatable bonds is 0. The molecule has 0 bridgehead atoms. The minimum Gasteiger partial charge on any atom is -0.168 e. The van der Waals surface area contributed by atoms with Crippen LogP contribution in [0.25, 0.3) is 0 Å². The van der Waals surface area contributed by atoms with Gasteiger partial charge in [-0.05, 0) is 6.92 Å². The second kappa shape index (κ2) is 1.95. The average molecular weight is 167 g/mol. The molecule has 0 aliphatic heterocycles. The predicted octanol–water partition coefficient (Wildman–Crippen LogP) is 2.74. The standard InChI is InChI=1S/C3H3Cl2F3/c1-2(4,5)3(6,7)8/h1H3. The van der Waals surface area contributed by atoms with Gasteiger partial charge in [0, 0.05) is 0 Å². The minimum absolute atomic E-state index is 0.677. The summed E-state index contributed by atoms with van der Waals surface area (Å²) in [6.45, 7) is 0.677. The molecule has 0 saturated heterocycles. The van der Waals surface area contributed by atoms with Crippen molar-refractivity contribution in [2.75, 3.05) is 0 Å². The van der Waals surface area contributed by atoms with Gasteiger partial charge in [0.15, 0.2) is 0 Å². The molecule has 0 aromatic carbocycles. The highest BCUT2D eigenvalue weighted by Gasteiger charge is 2.48. The van der Waals surface area contributed by atoms with Crippen LogP contribution in [0.1, 0.15) is 6.92 Å². The average Bonchev–Trinajstić information content (AvgIpc) is 1.25. The van der Waals surface area contributed by atoms with Gasteiger partial charge in [-0.15, -0.1) is 0 Å². The lowest BCUT2D eigenvalue weighted by molar-refractivity contribution is -0.137. The molecule has 0 atom stereocenters. The largest absolute Gasteiger partial charge is 0.421 e. The van der Waals surface area contributed by atoms with Gasteiger partial charge in [-0.1, -0.05) is 23.2 Å². The Hall–Kier alpha value is 0.370. The van der Waals surface area contributed by atoms with Gasteiger partial charge in [-0.25, -0.2) is 0 Å². The van der Waals surface area contributed by atoms with E-state index in [0.717, 1.165) is 0 Å². The van der Waals surface area contributed by atoms with Crippen LogP contribution in [0.2, 0.25) is 0 Å². The van der Waals surface area contributed by atoms with Crippen molar-refractivity contribution < 1.29 is 13.2 Å². The molecule has 0 amide bonds. The van der Waals surface area contributed by atoms with Crippen molar-refractivity contribution in [1.29, 1.82) is 0 Å². The maximum atomic E-state index is 11.3. The molecule has 0 aromatic heterocycles. The summed E-state index contributed by atoms with van der Waals surface area (Å²) in [4.78, 5) is 0. The topological polar surface area (TPSA) is 0 Å². The van der Waals surface area contributed by atoms with Gasteiger partial charge in [-0.2, -0.15) is 13.2 Å².